The van der Waals surface area contributed by atoms with E-state index in [-0.39, 0.29) is 4.90 Å². The van der Waals surface area contributed by atoms with Gasteiger partial charge in [0.2, 0.25) is 0 Å². The molecule has 130 valence electrons. The van der Waals surface area contributed by atoms with E-state index in [2.05, 4.69) is 0 Å². The predicted octanol–water partition coefficient (Wildman–Crippen LogP) is 3.67. The van der Waals surface area contributed by atoms with Crippen LogP contribution in [-0.2, 0) is 23.1 Å². The first kappa shape index (κ1) is 18.9. The third kappa shape index (κ3) is 6.51. The van der Waals surface area contributed by atoms with Crippen molar-refractivity contribution in [1.82, 2.24) is 0 Å². The Hall–Kier alpha value is -2.47. The van der Waals surface area contributed by atoms with E-state index in [0.717, 1.165) is 17.5 Å². The molecular formula is C20H21NO3S. The summed E-state index contributed by atoms with van der Waals surface area (Å²) in [4.78, 5) is -0.0747. The molecule has 0 saturated carbocycles. The third-order valence-electron chi connectivity index (χ3n) is 3.55. The minimum Gasteiger partial charge on any atom is -0.326 e. The molecule has 0 spiro atoms. The van der Waals surface area contributed by atoms with Gasteiger partial charge in [0.15, 0.2) is 0 Å². The summed E-state index contributed by atoms with van der Waals surface area (Å²) in [7, 11) is -4.09. The molecule has 0 atom stereocenters. The molecule has 0 heterocycles. The molecule has 3 aromatic carbocycles. The Kier molecular flexibility index (Phi) is 6.89. The SMILES string of the molecule is NCc1ccccc1.O=S(=O)(O)c1ccc(Cc2ccccc2)cc1. The Morgan fingerprint density at radius 3 is 1.52 bits per heavy atom. The summed E-state index contributed by atoms with van der Waals surface area (Å²) >= 11 is 0. The van der Waals surface area contributed by atoms with Crippen LogP contribution in [0.25, 0.3) is 0 Å². The van der Waals surface area contributed by atoms with Gasteiger partial charge >= 0.3 is 0 Å². The predicted molar refractivity (Wildman–Crippen MR) is 99.8 cm³/mol. The highest BCUT2D eigenvalue weighted by molar-refractivity contribution is 7.85. The van der Waals surface area contributed by atoms with E-state index in [1.807, 2.05) is 60.7 Å². The van der Waals surface area contributed by atoms with Gasteiger partial charge in [0.1, 0.15) is 0 Å². The van der Waals surface area contributed by atoms with E-state index in [9.17, 15) is 8.42 Å². The monoisotopic (exact) mass is 355 g/mol. The lowest BCUT2D eigenvalue weighted by molar-refractivity contribution is 0.483. The number of hydrogen-bond acceptors (Lipinski definition) is 3. The molecule has 0 radical (unpaired) electrons. The van der Waals surface area contributed by atoms with Gasteiger partial charge in [-0.3, -0.25) is 4.55 Å². The van der Waals surface area contributed by atoms with Crippen LogP contribution >= 0.6 is 0 Å². The zero-order valence-corrected chi connectivity index (χ0v) is 14.6. The summed E-state index contributed by atoms with van der Waals surface area (Å²) in [5, 5.41) is 0. The van der Waals surface area contributed by atoms with Crippen LogP contribution in [0, 0.1) is 0 Å². The van der Waals surface area contributed by atoms with E-state index < -0.39 is 10.1 Å². The van der Waals surface area contributed by atoms with Crippen LogP contribution in [0.2, 0.25) is 0 Å². The van der Waals surface area contributed by atoms with Crippen molar-refractivity contribution in [1.29, 1.82) is 0 Å². The van der Waals surface area contributed by atoms with Crippen LogP contribution < -0.4 is 5.73 Å². The molecule has 0 aliphatic heterocycles. The maximum atomic E-state index is 10.9. The van der Waals surface area contributed by atoms with Gasteiger partial charge in [0.25, 0.3) is 10.1 Å². The summed E-state index contributed by atoms with van der Waals surface area (Å²) in [6, 6.07) is 26.1. The van der Waals surface area contributed by atoms with E-state index >= 15 is 0 Å². The molecule has 0 aliphatic carbocycles. The number of benzene rings is 3. The molecule has 3 N–H and O–H groups in total. The molecule has 0 aromatic heterocycles. The average molecular weight is 355 g/mol. The molecule has 3 aromatic rings. The maximum absolute atomic E-state index is 10.9. The highest BCUT2D eigenvalue weighted by atomic mass is 32.2. The summed E-state index contributed by atoms with van der Waals surface area (Å²) < 4.78 is 30.6. The molecule has 0 bridgehead atoms. The number of hydrogen-bond donors (Lipinski definition) is 2. The minimum absolute atomic E-state index is 0.0747. The van der Waals surface area contributed by atoms with E-state index in [1.165, 1.54) is 17.7 Å². The molecule has 0 aliphatic rings. The van der Waals surface area contributed by atoms with Gasteiger partial charge in [-0.05, 0) is 35.2 Å². The Balaban J connectivity index is 0.000000236. The molecule has 0 unspecified atom stereocenters. The largest absolute Gasteiger partial charge is 0.326 e. The molecule has 4 nitrogen and oxygen atoms in total. The fourth-order valence-electron chi connectivity index (χ4n) is 2.22. The summed E-state index contributed by atoms with van der Waals surface area (Å²) in [5.74, 6) is 0. The van der Waals surface area contributed by atoms with Crippen LogP contribution in [0.15, 0.2) is 89.8 Å². The van der Waals surface area contributed by atoms with Gasteiger partial charge in [0, 0.05) is 6.54 Å². The molecule has 25 heavy (non-hydrogen) atoms. The van der Waals surface area contributed by atoms with E-state index in [1.54, 1.807) is 12.1 Å². The highest BCUT2D eigenvalue weighted by Gasteiger charge is 2.08. The van der Waals surface area contributed by atoms with E-state index in [0.29, 0.717) is 6.54 Å². The average Bonchev–Trinajstić information content (AvgIpc) is 2.63. The summed E-state index contributed by atoms with van der Waals surface area (Å²) in [5.41, 5.74) is 8.70. The Morgan fingerprint density at radius 1 is 0.680 bits per heavy atom. The molecular weight excluding hydrogens is 334 g/mol. The fraction of sp³-hybridized carbons (Fsp3) is 0.100. The standard InChI is InChI=1S/C13H12O3S.C7H9N/c14-17(15,16)13-8-6-12(7-9-13)10-11-4-2-1-3-5-11;8-6-7-4-2-1-3-5-7/h1-9H,10H2,(H,14,15,16);1-5H,6,8H2. The Morgan fingerprint density at radius 2 is 1.12 bits per heavy atom. The summed E-state index contributed by atoms with van der Waals surface area (Å²) in [6.07, 6.45) is 0.743. The number of nitrogens with two attached hydrogens (primary N) is 1. The van der Waals surface area contributed by atoms with Crippen LogP contribution in [0.4, 0.5) is 0 Å². The zero-order valence-electron chi connectivity index (χ0n) is 13.7. The second-order valence-electron chi connectivity index (χ2n) is 5.47. The highest BCUT2D eigenvalue weighted by Crippen LogP contribution is 2.13. The summed E-state index contributed by atoms with van der Waals surface area (Å²) in [6.45, 7) is 0.640. The minimum atomic E-state index is -4.09. The van der Waals surface area contributed by atoms with Crippen molar-refractivity contribution in [2.45, 2.75) is 17.9 Å². The van der Waals surface area contributed by atoms with Gasteiger partial charge in [-0.15, -0.1) is 0 Å². The van der Waals surface area contributed by atoms with Crippen molar-refractivity contribution in [3.8, 4) is 0 Å². The first-order chi connectivity index (χ1) is 12.0. The molecule has 3 rings (SSSR count). The van der Waals surface area contributed by atoms with E-state index in [4.69, 9.17) is 10.3 Å². The Labute approximate surface area is 148 Å². The smallest absolute Gasteiger partial charge is 0.294 e. The number of rotatable bonds is 4. The molecule has 0 amide bonds. The first-order valence-electron chi connectivity index (χ1n) is 7.83. The first-order valence-corrected chi connectivity index (χ1v) is 9.27. The quantitative estimate of drug-likeness (QED) is 0.700. The van der Waals surface area contributed by atoms with Crippen molar-refractivity contribution in [3.05, 3.63) is 102 Å². The van der Waals surface area contributed by atoms with Crippen molar-refractivity contribution in [2.24, 2.45) is 5.73 Å². The van der Waals surface area contributed by atoms with Crippen molar-refractivity contribution >= 4 is 10.1 Å². The van der Waals surface area contributed by atoms with Gasteiger partial charge in [-0.2, -0.15) is 8.42 Å². The van der Waals surface area contributed by atoms with Crippen molar-refractivity contribution in [2.75, 3.05) is 0 Å². The molecule has 0 fully saturated rings. The van der Waals surface area contributed by atoms with Crippen LogP contribution in [0.5, 0.6) is 0 Å². The van der Waals surface area contributed by atoms with Crippen molar-refractivity contribution < 1.29 is 13.0 Å². The lowest BCUT2D eigenvalue weighted by Crippen LogP contribution is -1.98. The van der Waals surface area contributed by atoms with Crippen LogP contribution in [-0.4, -0.2) is 13.0 Å². The zero-order chi connectivity index (χ0) is 18.1. The topological polar surface area (TPSA) is 80.4 Å². The third-order valence-corrected chi connectivity index (χ3v) is 4.42. The van der Waals surface area contributed by atoms with Crippen molar-refractivity contribution in [3.63, 3.8) is 0 Å². The van der Waals surface area contributed by atoms with Crippen LogP contribution in [0.1, 0.15) is 16.7 Å². The lowest BCUT2D eigenvalue weighted by atomic mass is 10.1. The fourth-order valence-corrected chi connectivity index (χ4v) is 2.70. The second-order valence-corrected chi connectivity index (χ2v) is 6.89. The lowest BCUT2D eigenvalue weighted by Gasteiger charge is -2.02. The van der Waals surface area contributed by atoms with Gasteiger partial charge in [-0.25, -0.2) is 0 Å². The Bertz CT molecular complexity index is 862. The van der Waals surface area contributed by atoms with Gasteiger partial charge < -0.3 is 5.73 Å². The van der Waals surface area contributed by atoms with Crippen LogP contribution in [0.3, 0.4) is 0 Å². The molecule has 0 saturated heterocycles. The second kappa shape index (κ2) is 9.13. The normalized spacial score (nSPS) is 10.6. The maximum Gasteiger partial charge on any atom is 0.294 e. The molecule has 5 heteroatoms. The van der Waals surface area contributed by atoms with Gasteiger partial charge in [-0.1, -0.05) is 72.8 Å². The van der Waals surface area contributed by atoms with Gasteiger partial charge in [0.05, 0.1) is 4.90 Å².